The van der Waals surface area contributed by atoms with Crippen LogP contribution in [0, 0.1) is 0 Å². The lowest BCUT2D eigenvalue weighted by Crippen LogP contribution is -2.36. The van der Waals surface area contributed by atoms with Crippen LogP contribution in [0.3, 0.4) is 0 Å². The minimum absolute atomic E-state index is 0.00462. The van der Waals surface area contributed by atoms with Crippen molar-refractivity contribution in [3.8, 4) is 0 Å². The topological polar surface area (TPSA) is 69.4 Å². The van der Waals surface area contributed by atoms with Crippen molar-refractivity contribution in [3.05, 3.63) is 58.6 Å². The summed E-state index contributed by atoms with van der Waals surface area (Å²) in [4.78, 5) is 31.8. The number of pyridine rings is 1. The Morgan fingerprint density at radius 3 is 2.88 bits per heavy atom. The molecule has 4 rings (SSSR count). The lowest BCUT2D eigenvalue weighted by atomic mass is 10.2. The van der Waals surface area contributed by atoms with Crippen LogP contribution < -0.4 is 10.6 Å². The SMILES string of the molecule is COCCn1c(=O)n(CC(=O)N2CCc3ccccc32)c2cccnc21. The molecule has 0 saturated carbocycles. The molecule has 2 aromatic heterocycles. The third-order valence-corrected chi connectivity index (χ3v) is 4.77. The monoisotopic (exact) mass is 352 g/mol. The molecular weight excluding hydrogens is 332 g/mol. The molecule has 0 atom stereocenters. The van der Waals surface area contributed by atoms with E-state index < -0.39 is 0 Å². The molecular formula is C19H20N4O3. The van der Waals surface area contributed by atoms with Gasteiger partial charge in [-0.1, -0.05) is 18.2 Å². The van der Waals surface area contributed by atoms with Gasteiger partial charge in [-0.3, -0.25) is 13.9 Å². The van der Waals surface area contributed by atoms with E-state index in [1.807, 2.05) is 30.3 Å². The molecule has 1 amide bonds. The zero-order chi connectivity index (χ0) is 18.1. The van der Waals surface area contributed by atoms with Gasteiger partial charge >= 0.3 is 5.69 Å². The Labute approximate surface area is 150 Å². The van der Waals surface area contributed by atoms with Crippen molar-refractivity contribution in [2.75, 3.05) is 25.2 Å². The zero-order valence-corrected chi connectivity index (χ0v) is 14.6. The number of anilines is 1. The van der Waals surface area contributed by atoms with E-state index in [0.717, 1.165) is 17.7 Å². The zero-order valence-electron chi connectivity index (χ0n) is 14.6. The van der Waals surface area contributed by atoms with Crippen LogP contribution in [0.4, 0.5) is 5.69 Å². The van der Waals surface area contributed by atoms with Gasteiger partial charge in [-0.25, -0.2) is 9.78 Å². The highest BCUT2D eigenvalue weighted by atomic mass is 16.5. The van der Waals surface area contributed by atoms with Crippen molar-refractivity contribution in [2.24, 2.45) is 0 Å². The van der Waals surface area contributed by atoms with E-state index >= 15 is 0 Å². The molecule has 1 aromatic carbocycles. The average Bonchev–Trinajstić information content (AvgIpc) is 3.20. The van der Waals surface area contributed by atoms with Crippen molar-refractivity contribution in [1.29, 1.82) is 0 Å². The van der Waals surface area contributed by atoms with Gasteiger partial charge in [0.05, 0.1) is 18.7 Å². The molecule has 3 heterocycles. The minimum atomic E-state index is -0.239. The predicted molar refractivity (Wildman–Crippen MR) is 98.4 cm³/mol. The van der Waals surface area contributed by atoms with Crippen molar-refractivity contribution in [3.63, 3.8) is 0 Å². The van der Waals surface area contributed by atoms with Crippen molar-refractivity contribution in [2.45, 2.75) is 19.5 Å². The quantitative estimate of drug-likeness (QED) is 0.697. The van der Waals surface area contributed by atoms with Gasteiger partial charge in [0.2, 0.25) is 5.91 Å². The van der Waals surface area contributed by atoms with Crippen LogP contribution in [0.25, 0.3) is 11.2 Å². The van der Waals surface area contributed by atoms with Gasteiger partial charge in [0.25, 0.3) is 0 Å². The summed E-state index contributed by atoms with van der Waals surface area (Å²) in [7, 11) is 1.59. The maximum Gasteiger partial charge on any atom is 0.330 e. The van der Waals surface area contributed by atoms with Crippen LogP contribution in [-0.2, 0) is 29.0 Å². The molecule has 134 valence electrons. The molecule has 0 fully saturated rings. The summed E-state index contributed by atoms with van der Waals surface area (Å²) in [6.45, 7) is 1.45. The summed E-state index contributed by atoms with van der Waals surface area (Å²) in [6.07, 6.45) is 2.49. The van der Waals surface area contributed by atoms with Gasteiger partial charge in [-0.05, 0) is 30.2 Å². The second kappa shape index (κ2) is 6.76. The molecule has 0 radical (unpaired) electrons. The predicted octanol–water partition coefficient (Wildman–Crippen LogP) is 1.43. The Morgan fingerprint density at radius 1 is 1.19 bits per heavy atom. The average molecular weight is 352 g/mol. The number of para-hydroxylation sites is 1. The molecule has 0 N–H and O–H groups in total. The highest BCUT2D eigenvalue weighted by Crippen LogP contribution is 2.27. The third kappa shape index (κ3) is 2.70. The number of aromatic nitrogens is 3. The Morgan fingerprint density at radius 2 is 2.04 bits per heavy atom. The highest BCUT2D eigenvalue weighted by molar-refractivity contribution is 5.95. The number of fused-ring (bicyclic) bond motifs is 2. The molecule has 26 heavy (non-hydrogen) atoms. The standard InChI is InChI=1S/C19H20N4O3/c1-26-12-11-22-18-16(7-4-9-20-18)23(19(22)25)13-17(24)21-10-8-14-5-2-3-6-15(14)21/h2-7,9H,8,10-13H2,1H3. The fourth-order valence-corrected chi connectivity index (χ4v) is 3.50. The number of carbonyl (C=O) groups excluding carboxylic acids is 1. The molecule has 0 aliphatic carbocycles. The highest BCUT2D eigenvalue weighted by Gasteiger charge is 2.25. The number of rotatable bonds is 5. The molecule has 1 aliphatic heterocycles. The summed E-state index contributed by atoms with van der Waals surface area (Å²) in [6, 6.07) is 11.5. The fraction of sp³-hybridized carbons (Fsp3) is 0.316. The lowest BCUT2D eigenvalue weighted by Gasteiger charge is -2.17. The number of methoxy groups -OCH3 is 1. The second-order valence-corrected chi connectivity index (χ2v) is 6.28. The number of benzene rings is 1. The van der Waals surface area contributed by atoms with Gasteiger partial charge in [0.1, 0.15) is 6.54 Å². The Bertz CT molecular complexity index is 1020. The largest absolute Gasteiger partial charge is 0.383 e. The van der Waals surface area contributed by atoms with E-state index in [1.165, 1.54) is 4.57 Å². The molecule has 0 saturated heterocycles. The summed E-state index contributed by atoms with van der Waals surface area (Å²) >= 11 is 0. The van der Waals surface area contributed by atoms with Crippen LogP contribution in [0.5, 0.6) is 0 Å². The molecule has 3 aromatic rings. The number of hydrogen-bond donors (Lipinski definition) is 0. The Hall–Kier alpha value is -2.93. The number of nitrogens with zero attached hydrogens (tertiary/aromatic N) is 4. The molecule has 0 bridgehead atoms. The summed E-state index contributed by atoms with van der Waals surface area (Å²) in [5.41, 5.74) is 3.10. The van der Waals surface area contributed by atoms with Gasteiger partial charge in [0.15, 0.2) is 5.65 Å². The molecule has 7 nitrogen and oxygen atoms in total. The van der Waals surface area contributed by atoms with Gasteiger partial charge in [-0.15, -0.1) is 0 Å². The molecule has 1 aliphatic rings. The summed E-state index contributed by atoms with van der Waals surface area (Å²) in [5.74, 6) is -0.0910. The van der Waals surface area contributed by atoms with Crippen LogP contribution in [-0.4, -0.2) is 40.3 Å². The summed E-state index contributed by atoms with van der Waals surface area (Å²) in [5, 5.41) is 0. The minimum Gasteiger partial charge on any atom is -0.383 e. The maximum absolute atomic E-state index is 12.9. The van der Waals surface area contributed by atoms with E-state index in [-0.39, 0.29) is 18.1 Å². The van der Waals surface area contributed by atoms with Gasteiger partial charge in [0, 0.05) is 25.5 Å². The first-order valence-corrected chi connectivity index (χ1v) is 8.62. The van der Waals surface area contributed by atoms with Crippen LogP contribution in [0.1, 0.15) is 5.56 Å². The number of ether oxygens (including phenoxy) is 1. The number of amides is 1. The molecule has 7 heteroatoms. The first kappa shape index (κ1) is 16.5. The van der Waals surface area contributed by atoms with Crippen molar-refractivity contribution in [1.82, 2.24) is 14.1 Å². The van der Waals surface area contributed by atoms with Gasteiger partial charge < -0.3 is 9.64 Å². The van der Waals surface area contributed by atoms with E-state index in [2.05, 4.69) is 4.98 Å². The first-order chi connectivity index (χ1) is 12.7. The first-order valence-electron chi connectivity index (χ1n) is 8.62. The normalized spacial score (nSPS) is 13.3. The Kier molecular flexibility index (Phi) is 4.30. The lowest BCUT2D eigenvalue weighted by molar-refractivity contribution is -0.119. The summed E-state index contributed by atoms with van der Waals surface area (Å²) < 4.78 is 8.15. The van der Waals surface area contributed by atoms with Crippen LogP contribution in [0.15, 0.2) is 47.4 Å². The number of imidazole rings is 1. The number of hydrogen-bond acceptors (Lipinski definition) is 4. The third-order valence-electron chi connectivity index (χ3n) is 4.77. The van der Waals surface area contributed by atoms with Crippen LogP contribution >= 0.6 is 0 Å². The van der Waals surface area contributed by atoms with Crippen LogP contribution in [0.2, 0.25) is 0 Å². The van der Waals surface area contributed by atoms with Crippen molar-refractivity contribution >= 4 is 22.8 Å². The smallest absolute Gasteiger partial charge is 0.330 e. The van der Waals surface area contributed by atoms with E-state index in [9.17, 15) is 9.59 Å². The van der Waals surface area contributed by atoms with Crippen molar-refractivity contribution < 1.29 is 9.53 Å². The number of carbonyl (C=O) groups is 1. The maximum atomic E-state index is 12.9. The Balaban J connectivity index is 1.69. The van der Waals surface area contributed by atoms with E-state index in [4.69, 9.17) is 4.74 Å². The van der Waals surface area contributed by atoms with E-state index in [1.54, 1.807) is 28.8 Å². The van der Waals surface area contributed by atoms with E-state index in [0.29, 0.717) is 30.9 Å². The molecule has 0 spiro atoms. The second-order valence-electron chi connectivity index (χ2n) is 6.28. The fourth-order valence-electron chi connectivity index (χ4n) is 3.50. The molecule has 0 unspecified atom stereocenters. The van der Waals surface area contributed by atoms with Gasteiger partial charge in [-0.2, -0.15) is 0 Å².